The van der Waals surface area contributed by atoms with E-state index in [0.717, 1.165) is 13.0 Å². The first-order valence-corrected chi connectivity index (χ1v) is 12.2. The van der Waals surface area contributed by atoms with Crippen molar-refractivity contribution >= 4 is 54.1 Å². The van der Waals surface area contributed by atoms with Gasteiger partial charge in [0.1, 0.15) is 0 Å². The Hall–Kier alpha value is -4.10. The molecule has 34 heavy (non-hydrogen) atoms. The first kappa shape index (κ1) is 18.3. The second-order valence-electron chi connectivity index (χ2n) is 9.57. The summed E-state index contributed by atoms with van der Waals surface area (Å²) < 4.78 is 2.50. The highest BCUT2D eigenvalue weighted by atomic mass is 15.0. The minimum Gasteiger partial charge on any atom is -0.341 e. The lowest BCUT2D eigenvalue weighted by atomic mass is 9.92. The van der Waals surface area contributed by atoms with Crippen molar-refractivity contribution in [3.05, 3.63) is 108 Å². The van der Waals surface area contributed by atoms with Crippen molar-refractivity contribution in [1.82, 2.24) is 4.57 Å². The Labute approximate surface area is 197 Å². The summed E-state index contributed by atoms with van der Waals surface area (Å²) in [6, 6.07) is 36.2. The third-order valence-corrected chi connectivity index (χ3v) is 7.99. The van der Waals surface area contributed by atoms with E-state index in [1.54, 1.807) is 0 Å². The molecule has 7 aromatic rings. The number of aromatic nitrogens is 1. The molecular formula is C33H23N. The fourth-order valence-corrected chi connectivity index (χ4v) is 6.58. The van der Waals surface area contributed by atoms with Gasteiger partial charge in [0.2, 0.25) is 0 Å². The van der Waals surface area contributed by atoms with Gasteiger partial charge >= 0.3 is 0 Å². The number of aryl methyl sites for hydroxylation is 1. The van der Waals surface area contributed by atoms with Gasteiger partial charge in [-0.2, -0.15) is 0 Å². The van der Waals surface area contributed by atoms with Crippen molar-refractivity contribution in [3.8, 4) is 11.1 Å². The SMILES string of the molecule is CCn1c2cc3ccccc3cc2c2c3c(ccc21)-c1c(c2ccccc2c2ccccc12)C3. The standard InChI is InChI=1S/C33H23N/c1-2-34-30-16-15-26-28(33(30)29-17-20-9-3-4-10-21(20)18-31(29)34)19-27-24-13-6-5-11-22(24)23-12-7-8-14-25(23)32(26)27/h3-18H,2,19H2,1H3. The summed E-state index contributed by atoms with van der Waals surface area (Å²) in [5.74, 6) is 0. The molecule has 0 bridgehead atoms. The maximum Gasteiger partial charge on any atom is 0.0497 e. The summed E-state index contributed by atoms with van der Waals surface area (Å²) in [5.41, 5.74) is 8.51. The van der Waals surface area contributed by atoms with Crippen molar-refractivity contribution < 1.29 is 0 Å². The Morgan fingerprint density at radius 3 is 2.00 bits per heavy atom. The Balaban J connectivity index is 1.56. The summed E-state index contributed by atoms with van der Waals surface area (Å²) >= 11 is 0. The van der Waals surface area contributed by atoms with E-state index in [9.17, 15) is 0 Å². The Kier molecular flexibility index (Phi) is 3.50. The van der Waals surface area contributed by atoms with Gasteiger partial charge in [-0.1, -0.05) is 78.9 Å². The van der Waals surface area contributed by atoms with Crippen LogP contribution >= 0.6 is 0 Å². The van der Waals surface area contributed by atoms with Crippen LogP contribution in [0.1, 0.15) is 18.1 Å². The average Bonchev–Trinajstić information content (AvgIpc) is 3.43. The Bertz CT molecular complexity index is 1970. The van der Waals surface area contributed by atoms with Crippen molar-refractivity contribution in [2.24, 2.45) is 0 Å². The number of hydrogen-bond donors (Lipinski definition) is 0. The molecule has 0 spiro atoms. The summed E-state index contributed by atoms with van der Waals surface area (Å²) in [7, 11) is 0. The van der Waals surface area contributed by atoms with E-state index in [0.29, 0.717) is 0 Å². The van der Waals surface area contributed by atoms with Gasteiger partial charge in [0.15, 0.2) is 0 Å². The summed E-state index contributed by atoms with van der Waals surface area (Å²) in [5, 5.41) is 10.9. The van der Waals surface area contributed by atoms with E-state index in [1.165, 1.54) is 76.4 Å². The lowest BCUT2D eigenvalue weighted by molar-refractivity contribution is 0.827. The van der Waals surface area contributed by atoms with Gasteiger partial charge < -0.3 is 4.57 Å². The number of nitrogens with zero attached hydrogens (tertiary/aromatic N) is 1. The van der Waals surface area contributed by atoms with Crippen molar-refractivity contribution in [2.45, 2.75) is 19.9 Å². The van der Waals surface area contributed by atoms with Gasteiger partial charge in [-0.05, 0) is 86.1 Å². The van der Waals surface area contributed by atoms with Crippen molar-refractivity contribution in [3.63, 3.8) is 0 Å². The number of hydrogen-bond acceptors (Lipinski definition) is 0. The fraction of sp³-hybridized carbons (Fsp3) is 0.0909. The molecule has 1 aromatic heterocycles. The Morgan fingerprint density at radius 2 is 1.24 bits per heavy atom. The zero-order valence-electron chi connectivity index (χ0n) is 19.1. The molecule has 0 amide bonds. The van der Waals surface area contributed by atoms with Gasteiger partial charge in [-0.15, -0.1) is 0 Å². The maximum atomic E-state index is 2.50. The van der Waals surface area contributed by atoms with Crippen LogP contribution in [0, 0.1) is 0 Å². The van der Waals surface area contributed by atoms with Gasteiger partial charge in [0.25, 0.3) is 0 Å². The van der Waals surface area contributed by atoms with Crippen LogP contribution in [0.2, 0.25) is 0 Å². The van der Waals surface area contributed by atoms with Crippen LogP contribution in [0.4, 0.5) is 0 Å². The minimum atomic E-state index is 0.968. The molecule has 1 heterocycles. The monoisotopic (exact) mass is 433 g/mol. The molecule has 1 heteroatoms. The molecule has 0 fully saturated rings. The third kappa shape index (κ3) is 2.20. The molecule has 6 aromatic carbocycles. The van der Waals surface area contributed by atoms with E-state index >= 15 is 0 Å². The zero-order chi connectivity index (χ0) is 22.4. The molecule has 0 radical (unpaired) electrons. The molecule has 8 rings (SSSR count). The van der Waals surface area contributed by atoms with Crippen LogP contribution in [-0.2, 0) is 13.0 Å². The first-order valence-electron chi connectivity index (χ1n) is 12.2. The van der Waals surface area contributed by atoms with Crippen molar-refractivity contribution in [1.29, 1.82) is 0 Å². The minimum absolute atomic E-state index is 0.968. The molecule has 1 aliphatic rings. The first-order chi connectivity index (χ1) is 16.8. The third-order valence-electron chi connectivity index (χ3n) is 7.99. The second-order valence-corrected chi connectivity index (χ2v) is 9.57. The van der Waals surface area contributed by atoms with Crippen molar-refractivity contribution in [2.75, 3.05) is 0 Å². The molecule has 1 nitrogen and oxygen atoms in total. The Morgan fingerprint density at radius 1 is 0.588 bits per heavy atom. The molecule has 0 atom stereocenters. The fourth-order valence-electron chi connectivity index (χ4n) is 6.58. The predicted octanol–water partition coefficient (Wildman–Crippen LogP) is 8.85. The molecule has 160 valence electrons. The van der Waals surface area contributed by atoms with E-state index in [-0.39, 0.29) is 0 Å². The molecule has 0 saturated heterocycles. The number of benzene rings is 6. The highest BCUT2D eigenvalue weighted by Gasteiger charge is 2.27. The summed E-state index contributed by atoms with van der Waals surface area (Å²) in [4.78, 5) is 0. The molecule has 0 aliphatic heterocycles. The van der Waals surface area contributed by atoms with Crippen LogP contribution in [0.25, 0.3) is 65.3 Å². The highest BCUT2D eigenvalue weighted by molar-refractivity contribution is 6.21. The van der Waals surface area contributed by atoms with Crippen LogP contribution in [0.3, 0.4) is 0 Å². The van der Waals surface area contributed by atoms with Gasteiger partial charge in [0.05, 0.1) is 0 Å². The maximum absolute atomic E-state index is 2.50. The average molecular weight is 434 g/mol. The van der Waals surface area contributed by atoms with Gasteiger partial charge in [-0.25, -0.2) is 0 Å². The highest BCUT2D eigenvalue weighted by Crippen LogP contribution is 2.49. The van der Waals surface area contributed by atoms with E-state index in [2.05, 4.69) is 109 Å². The van der Waals surface area contributed by atoms with Gasteiger partial charge in [0, 0.05) is 28.4 Å². The van der Waals surface area contributed by atoms with Crippen LogP contribution in [0.15, 0.2) is 97.1 Å². The van der Waals surface area contributed by atoms with Crippen LogP contribution < -0.4 is 0 Å². The molecule has 0 N–H and O–H groups in total. The predicted molar refractivity (Wildman–Crippen MR) is 146 cm³/mol. The molecule has 0 unspecified atom stereocenters. The molecular weight excluding hydrogens is 410 g/mol. The van der Waals surface area contributed by atoms with Gasteiger partial charge in [-0.3, -0.25) is 0 Å². The van der Waals surface area contributed by atoms with Crippen LogP contribution in [-0.4, -0.2) is 4.57 Å². The van der Waals surface area contributed by atoms with E-state index < -0.39 is 0 Å². The zero-order valence-corrected chi connectivity index (χ0v) is 19.1. The molecule has 1 aliphatic carbocycles. The quantitative estimate of drug-likeness (QED) is 0.228. The smallest absolute Gasteiger partial charge is 0.0497 e. The number of fused-ring (bicyclic) bond motifs is 13. The topological polar surface area (TPSA) is 4.93 Å². The van der Waals surface area contributed by atoms with E-state index in [1.807, 2.05) is 0 Å². The number of rotatable bonds is 1. The summed E-state index contributed by atoms with van der Waals surface area (Å²) in [6.45, 7) is 3.23. The lowest BCUT2D eigenvalue weighted by Crippen LogP contribution is -1.93. The molecule has 0 saturated carbocycles. The summed E-state index contributed by atoms with van der Waals surface area (Å²) in [6.07, 6.45) is 0.989. The largest absolute Gasteiger partial charge is 0.341 e. The second kappa shape index (κ2) is 6.48. The van der Waals surface area contributed by atoms with E-state index in [4.69, 9.17) is 0 Å². The van der Waals surface area contributed by atoms with Crippen LogP contribution in [0.5, 0.6) is 0 Å². The lowest BCUT2D eigenvalue weighted by Gasteiger charge is -2.12. The normalized spacial score (nSPS) is 12.9.